The molecule has 0 saturated heterocycles. The van der Waals surface area contributed by atoms with Gasteiger partial charge in [-0.2, -0.15) is 0 Å². The van der Waals surface area contributed by atoms with Crippen molar-refractivity contribution >= 4 is 17.3 Å². The monoisotopic (exact) mass is 267 g/mol. The number of nitrogens with two attached hydrogens (primary N) is 1. The molecule has 0 fully saturated rings. The van der Waals surface area contributed by atoms with E-state index in [4.69, 9.17) is 10.5 Å². The summed E-state index contributed by atoms with van der Waals surface area (Å²) in [5.41, 5.74) is 5.59. The maximum Gasteiger partial charge on any atom is 0.292 e. The van der Waals surface area contributed by atoms with Crippen LogP contribution in [0.3, 0.4) is 0 Å². The predicted octanol–water partition coefficient (Wildman–Crippen LogP) is 1.53. The summed E-state index contributed by atoms with van der Waals surface area (Å²) in [5.74, 6) is -0.623. The Balaban J connectivity index is 2.97. The summed E-state index contributed by atoms with van der Waals surface area (Å²) < 4.78 is 4.94. The Kier molecular flexibility index (Phi) is 5.25. The van der Waals surface area contributed by atoms with Gasteiger partial charge in [0.2, 0.25) is 5.91 Å². The number of benzene rings is 1. The van der Waals surface area contributed by atoms with Crippen molar-refractivity contribution in [2.75, 3.05) is 19.0 Å². The molecule has 0 aromatic heterocycles. The Hall–Kier alpha value is -2.15. The maximum absolute atomic E-state index is 11.1. The standard InChI is InChI=1S/C12H17N3O4/c1-8(5-6-19-2)14-10-7-9(12(13)16)3-4-11(10)15(17)18/h3-4,7-8,14H,5-6H2,1-2H3,(H2,13,16). The van der Waals surface area contributed by atoms with Crippen LogP contribution in [0.2, 0.25) is 0 Å². The number of nitrogens with zero attached hydrogens (tertiary/aromatic N) is 1. The van der Waals surface area contributed by atoms with E-state index in [0.717, 1.165) is 0 Å². The van der Waals surface area contributed by atoms with Gasteiger partial charge >= 0.3 is 0 Å². The second-order valence-corrected chi connectivity index (χ2v) is 4.18. The third-order valence-corrected chi connectivity index (χ3v) is 2.63. The number of amides is 1. The van der Waals surface area contributed by atoms with Crippen molar-refractivity contribution in [3.8, 4) is 0 Å². The van der Waals surface area contributed by atoms with Crippen molar-refractivity contribution in [2.24, 2.45) is 5.73 Å². The summed E-state index contributed by atoms with van der Waals surface area (Å²) in [6.07, 6.45) is 0.689. The van der Waals surface area contributed by atoms with Gasteiger partial charge < -0.3 is 15.8 Å². The highest BCUT2D eigenvalue weighted by atomic mass is 16.6. The van der Waals surface area contributed by atoms with E-state index in [1.54, 1.807) is 7.11 Å². The number of hydrogen-bond donors (Lipinski definition) is 2. The molecule has 1 aromatic carbocycles. The minimum Gasteiger partial charge on any atom is -0.385 e. The first-order chi connectivity index (χ1) is 8.95. The molecule has 1 rings (SSSR count). The smallest absolute Gasteiger partial charge is 0.292 e. The van der Waals surface area contributed by atoms with Crippen LogP contribution in [-0.4, -0.2) is 30.6 Å². The number of anilines is 1. The van der Waals surface area contributed by atoms with Gasteiger partial charge in [0.15, 0.2) is 0 Å². The highest BCUT2D eigenvalue weighted by Gasteiger charge is 2.17. The Morgan fingerprint density at radius 1 is 1.58 bits per heavy atom. The Bertz CT molecular complexity index is 476. The van der Waals surface area contributed by atoms with Crippen molar-refractivity contribution in [3.05, 3.63) is 33.9 Å². The first kappa shape index (κ1) is 14.9. The van der Waals surface area contributed by atoms with Gasteiger partial charge in [0.25, 0.3) is 5.69 Å². The van der Waals surface area contributed by atoms with Crippen LogP contribution >= 0.6 is 0 Å². The summed E-state index contributed by atoms with van der Waals surface area (Å²) >= 11 is 0. The second-order valence-electron chi connectivity index (χ2n) is 4.18. The number of carbonyl (C=O) groups is 1. The number of hydrogen-bond acceptors (Lipinski definition) is 5. The molecule has 1 amide bonds. The highest BCUT2D eigenvalue weighted by molar-refractivity contribution is 5.94. The lowest BCUT2D eigenvalue weighted by atomic mass is 10.1. The van der Waals surface area contributed by atoms with E-state index in [9.17, 15) is 14.9 Å². The molecule has 0 heterocycles. The third-order valence-electron chi connectivity index (χ3n) is 2.63. The molecule has 0 aliphatic heterocycles. The average Bonchev–Trinajstić information content (AvgIpc) is 2.35. The quantitative estimate of drug-likeness (QED) is 0.575. The number of rotatable bonds is 7. The maximum atomic E-state index is 11.1. The molecule has 104 valence electrons. The largest absolute Gasteiger partial charge is 0.385 e. The Morgan fingerprint density at radius 3 is 2.79 bits per heavy atom. The van der Waals surface area contributed by atoms with E-state index in [1.165, 1.54) is 18.2 Å². The molecule has 3 N–H and O–H groups in total. The van der Waals surface area contributed by atoms with Gasteiger partial charge in [-0.1, -0.05) is 0 Å². The average molecular weight is 267 g/mol. The van der Waals surface area contributed by atoms with E-state index >= 15 is 0 Å². The first-order valence-electron chi connectivity index (χ1n) is 5.79. The fourth-order valence-corrected chi connectivity index (χ4v) is 1.60. The van der Waals surface area contributed by atoms with Crippen LogP contribution in [0.5, 0.6) is 0 Å². The van der Waals surface area contributed by atoms with Crippen LogP contribution in [0.4, 0.5) is 11.4 Å². The van der Waals surface area contributed by atoms with Gasteiger partial charge in [-0.15, -0.1) is 0 Å². The van der Waals surface area contributed by atoms with Gasteiger partial charge in [-0.05, 0) is 25.5 Å². The lowest BCUT2D eigenvalue weighted by molar-refractivity contribution is -0.384. The van der Waals surface area contributed by atoms with Crippen molar-refractivity contribution < 1.29 is 14.5 Å². The van der Waals surface area contributed by atoms with Crippen LogP contribution in [0.15, 0.2) is 18.2 Å². The molecule has 1 atom stereocenters. The van der Waals surface area contributed by atoms with E-state index in [2.05, 4.69) is 5.32 Å². The van der Waals surface area contributed by atoms with Gasteiger partial charge in [0, 0.05) is 31.4 Å². The molecule has 0 radical (unpaired) electrons. The van der Waals surface area contributed by atoms with Gasteiger partial charge in [0.05, 0.1) is 4.92 Å². The van der Waals surface area contributed by atoms with Crippen molar-refractivity contribution in [1.29, 1.82) is 0 Å². The van der Waals surface area contributed by atoms with E-state index in [-0.39, 0.29) is 23.0 Å². The van der Waals surface area contributed by atoms with Crippen molar-refractivity contribution in [2.45, 2.75) is 19.4 Å². The van der Waals surface area contributed by atoms with Crippen LogP contribution in [0.25, 0.3) is 0 Å². The zero-order chi connectivity index (χ0) is 14.4. The summed E-state index contributed by atoms with van der Waals surface area (Å²) in [4.78, 5) is 21.5. The highest BCUT2D eigenvalue weighted by Crippen LogP contribution is 2.26. The zero-order valence-corrected chi connectivity index (χ0v) is 10.9. The minimum absolute atomic E-state index is 0.0261. The molecular weight excluding hydrogens is 250 g/mol. The van der Waals surface area contributed by atoms with Crippen LogP contribution in [0, 0.1) is 10.1 Å². The Labute approximate surface area is 110 Å². The second kappa shape index (κ2) is 6.69. The number of nitro benzene ring substituents is 1. The van der Waals surface area contributed by atoms with Crippen LogP contribution in [-0.2, 0) is 4.74 Å². The normalized spacial score (nSPS) is 11.9. The fourth-order valence-electron chi connectivity index (χ4n) is 1.60. The SMILES string of the molecule is COCCC(C)Nc1cc(C(N)=O)ccc1[N+](=O)[O-]. The van der Waals surface area contributed by atoms with Crippen LogP contribution in [0.1, 0.15) is 23.7 Å². The molecule has 1 unspecified atom stereocenters. The summed E-state index contributed by atoms with van der Waals surface area (Å²) in [7, 11) is 1.59. The van der Waals surface area contributed by atoms with Crippen molar-refractivity contribution in [3.63, 3.8) is 0 Å². The lowest BCUT2D eigenvalue weighted by Crippen LogP contribution is -2.19. The van der Waals surface area contributed by atoms with Gasteiger partial charge in [-0.3, -0.25) is 14.9 Å². The molecule has 0 bridgehead atoms. The van der Waals surface area contributed by atoms with Crippen LogP contribution < -0.4 is 11.1 Å². The number of carbonyl (C=O) groups excluding carboxylic acids is 1. The number of primary amides is 1. The molecular formula is C12H17N3O4. The van der Waals surface area contributed by atoms with E-state index < -0.39 is 10.8 Å². The molecule has 7 heteroatoms. The number of ether oxygens (including phenoxy) is 1. The van der Waals surface area contributed by atoms with E-state index in [0.29, 0.717) is 13.0 Å². The Morgan fingerprint density at radius 2 is 2.26 bits per heavy atom. The predicted molar refractivity (Wildman–Crippen MR) is 71.2 cm³/mol. The first-order valence-corrected chi connectivity index (χ1v) is 5.79. The summed E-state index contributed by atoms with van der Waals surface area (Å²) in [6, 6.07) is 3.97. The molecule has 0 aliphatic rings. The molecule has 19 heavy (non-hydrogen) atoms. The lowest BCUT2D eigenvalue weighted by Gasteiger charge is -2.15. The number of nitro groups is 1. The molecule has 7 nitrogen and oxygen atoms in total. The summed E-state index contributed by atoms with van der Waals surface area (Å²) in [6.45, 7) is 2.41. The molecule has 1 aromatic rings. The summed E-state index contributed by atoms with van der Waals surface area (Å²) in [5, 5.41) is 13.9. The third kappa shape index (κ3) is 4.22. The number of methoxy groups -OCH3 is 1. The van der Waals surface area contributed by atoms with Crippen molar-refractivity contribution in [1.82, 2.24) is 0 Å². The fraction of sp³-hybridized carbons (Fsp3) is 0.417. The molecule has 0 spiro atoms. The zero-order valence-electron chi connectivity index (χ0n) is 10.9. The number of nitrogens with one attached hydrogen (secondary N) is 1. The van der Waals surface area contributed by atoms with E-state index in [1.807, 2.05) is 6.92 Å². The molecule has 0 saturated carbocycles. The topological polar surface area (TPSA) is 107 Å². The van der Waals surface area contributed by atoms with Gasteiger partial charge in [-0.25, -0.2) is 0 Å². The minimum atomic E-state index is -0.623. The van der Waals surface area contributed by atoms with Gasteiger partial charge in [0.1, 0.15) is 5.69 Å². The molecule has 0 aliphatic carbocycles.